The first-order valence-corrected chi connectivity index (χ1v) is 8.46. The molecule has 2 rings (SSSR count). The third-order valence-electron chi connectivity index (χ3n) is 3.41. The van der Waals surface area contributed by atoms with Crippen molar-refractivity contribution in [2.75, 3.05) is 5.88 Å². The monoisotopic (exact) mass is 380 g/mol. The Hall–Kier alpha value is -1.32. The Bertz CT molecular complexity index is 641. The van der Waals surface area contributed by atoms with Crippen molar-refractivity contribution < 1.29 is 9.53 Å². The van der Waals surface area contributed by atoms with Gasteiger partial charge in [0.2, 0.25) is 5.01 Å². The Morgan fingerprint density at radius 3 is 2.36 bits per heavy atom. The van der Waals surface area contributed by atoms with Crippen molar-refractivity contribution in [2.45, 2.75) is 18.9 Å². The van der Waals surface area contributed by atoms with Gasteiger partial charge in [-0.15, -0.1) is 11.6 Å². The highest BCUT2D eigenvalue weighted by Crippen LogP contribution is 2.32. The molecule has 2 nitrogen and oxygen atoms in total. The van der Waals surface area contributed by atoms with Gasteiger partial charge in [0, 0.05) is 16.9 Å². The molecule has 0 spiro atoms. The lowest BCUT2D eigenvalue weighted by atomic mass is 9.91. The Morgan fingerprint density at radius 2 is 1.73 bits per heavy atom. The number of rotatable bonds is 6. The smallest absolute Gasteiger partial charge is 0.211 e. The lowest BCUT2D eigenvalue weighted by Gasteiger charge is -2.24. The molecule has 2 aromatic rings. The summed E-state index contributed by atoms with van der Waals surface area (Å²) in [5, 5.41) is -0.730. The molecule has 0 saturated heterocycles. The molecule has 22 heavy (non-hydrogen) atoms. The van der Waals surface area contributed by atoms with Gasteiger partial charge in [-0.25, -0.2) is 0 Å². The standard InChI is InChI=1S/C18H18BrClO2/c1-18(2,12-20)16(21)17(19)22-15-11-7-6-10-14(15)13-8-4-3-5-9-13/h3-11,17H,12H2,1-2H3. The van der Waals surface area contributed by atoms with Gasteiger partial charge in [0.1, 0.15) is 5.75 Å². The second-order valence-electron chi connectivity index (χ2n) is 5.68. The number of ether oxygens (including phenoxy) is 1. The molecule has 0 amide bonds. The van der Waals surface area contributed by atoms with Gasteiger partial charge in [0.25, 0.3) is 0 Å². The van der Waals surface area contributed by atoms with Crippen LogP contribution in [0.2, 0.25) is 0 Å². The highest BCUT2D eigenvalue weighted by molar-refractivity contribution is 9.09. The summed E-state index contributed by atoms with van der Waals surface area (Å²) in [5.41, 5.74) is 1.35. The minimum atomic E-state index is -0.730. The largest absolute Gasteiger partial charge is 0.471 e. The van der Waals surface area contributed by atoms with Gasteiger partial charge in [-0.1, -0.05) is 62.4 Å². The highest BCUT2D eigenvalue weighted by Gasteiger charge is 2.33. The number of carbonyl (C=O) groups is 1. The fourth-order valence-corrected chi connectivity index (χ4v) is 2.92. The van der Waals surface area contributed by atoms with Gasteiger partial charge in [0.15, 0.2) is 5.78 Å². The van der Waals surface area contributed by atoms with Crippen LogP contribution in [0.15, 0.2) is 54.6 Å². The zero-order valence-electron chi connectivity index (χ0n) is 12.6. The van der Waals surface area contributed by atoms with E-state index in [9.17, 15) is 4.79 Å². The Morgan fingerprint density at radius 1 is 1.14 bits per heavy atom. The predicted molar refractivity (Wildman–Crippen MR) is 94.7 cm³/mol. The molecular weight excluding hydrogens is 364 g/mol. The minimum Gasteiger partial charge on any atom is -0.471 e. The molecule has 0 aliphatic carbocycles. The predicted octanol–water partition coefficient (Wildman–Crippen LogP) is 5.29. The average molecular weight is 382 g/mol. The molecule has 0 fully saturated rings. The van der Waals surface area contributed by atoms with Crippen LogP contribution in [-0.4, -0.2) is 16.7 Å². The SMILES string of the molecule is CC(C)(CCl)C(=O)C(Br)Oc1ccccc1-c1ccccc1. The minimum absolute atomic E-state index is 0.0784. The fourth-order valence-electron chi connectivity index (χ4n) is 1.96. The van der Waals surface area contributed by atoms with Crippen LogP contribution >= 0.6 is 27.5 Å². The zero-order chi connectivity index (χ0) is 16.2. The van der Waals surface area contributed by atoms with E-state index in [-0.39, 0.29) is 11.7 Å². The van der Waals surface area contributed by atoms with Crippen molar-refractivity contribution in [1.82, 2.24) is 0 Å². The molecule has 0 saturated carbocycles. The summed E-state index contributed by atoms with van der Waals surface area (Å²) in [6.07, 6.45) is 0. The number of benzene rings is 2. The van der Waals surface area contributed by atoms with Crippen LogP contribution in [0.5, 0.6) is 5.75 Å². The van der Waals surface area contributed by atoms with E-state index in [1.807, 2.05) is 68.4 Å². The van der Waals surface area contributed by atoms with E-state index in [4.69, 9.17) is 16.3 Å². The third kappa shape index (κ3) is 3.90. The van der Waals surface area contributed by atoms with E-state index in [0.29, 0.717) is 5.75 Å². The number of hydrogen-bond acceptors (Lipinski definition) is 2. The highest BCUT2D eigenvalue weighted by atomic mass is 79.9. The van der Waals surface area contributed by atoms with Crippen LogP contribution in [0.3, 0.4) is 0 Å². The first-order chi connectivity index (χ1) is 10.5. The summed E-state index contributed by atoms with van der Waals surface area (Å²) in [6.45, 7) is 3.62. The second kappa shape index (κ2) is 7.30. The Labute approximate surface area is 144 Å². The summed E-state index contributed by atoms with van der Waals surface area (Å²) >= 11 is 9.20. The van der Waals surface area contributed by atoms with Gasteiger partial charge in [-0.2, -0.15) is 0 Å². The molecule has 0 bridgehead atoms. The normalized spacial score (nSPS) is 12.7. The first kappa shape index (κ1) is 17.0. The van der Waals surface area contributed by atoms with Gasteiger partial charge >= 0.3 is 0 Å². The van der Waals surface area contributed by atoms with E-state index in [0.717, 1.165) is 11.1 Å². The van der Waals surface area contributed by atoms with E-state index in [1.54, 1.807) is 0 Å². The Kier molecular flexibility index (Phi) is 5.65. The van der Waals surface area contributed by atoms with E-state index in [1.165, 1.54) is 0 Å². The van der Waals surface area contributed by atoms with Crippen LogP contribution in [0, 0.1) is 5.41 Å². The number of halogens is 2. The molecule has 0 N–H and O–H groups in total. The maximum atomic E-state index is 12.4. The van der Waals surface area contributed by atoms with Crippen LogP contribution < -0.4 is 4.74 Å². The van der Waals surface area contributed by atoms with Crippen molar-refractivity contribution >= 4 is 33.3 Å². The van der Waals surface area contributed by atoms with Crippen molar-refractivity contribution in [3.8, 4) is 16.9 Å². The average Bonchev–Trinajstić information content (AvgIpc) is 2.55. The van der Waals surface area contributed by atoms with Crippen LogP contribution in [0.4, 0.5) is 0 Å². The molecule has 0 aliphatic heterocycles. The summed E-state index contributed by atoms with van der Waals surface area (Å²) in [6, 6.07) is 17.6. The topological polar surface area (TPSA) is 26.3 Å². The molecule has 0 aliphatic rings. The molecule has 1 atom stereocenters. The molecule has 2 aromatic carbocycles. The van der Waals surface area contributed by atoms with Gasteiger partial charge in [-0.05, 0) is 27.6 Å². The van der Waals surface area contributed by atoms with Gasteiger partial charge in [-0.3, -0.25) is 4.79 Å². The molecule has 0 radical (unpaired) electrons. The number of Topliss-reactive ketones (excluding diaryl/α,β-unsaturated/α-hetero) is 1. The molecular formula is C18H18BrClO2. The molecule has 0 heterocycles. The number of hydrogen-bond donors (Lipinski definition) is 0. The van der Waals surface area contributed by atoms with E-state index in [2.05, 4.69) is 15.9 Å². The summed E-state index contributed by atoms with van der Waals surface area (Å²) < 4.78 is 5.86. The molecule has 4 heteroatoms. The van der Waals surface area contributed by atoms with E-state index >= 15 is 0 Å². The number of ketones is 1. The van der Waals surface area contributed by atoms with Gasteiger partial charge in [0.05, 0.1) is 0 Å². The molecule has 1 unspecified atom stereocenters. The second-order valence-corrected chi connectivity index (χ2v) is 6.78. The maximum Gasteiger partial charge on any atom is 0.211 e. The van der Waals surface area contributed by atoms with Crippen LogP contribution in [-0.2, 0) is 4.79 Å². The zero-order valence-corrected chi connectivity index (χ0v) is 14.9. The first-order valence-electron chi connectivity index (χ1n) is 7.01. The third-order valence-corrected chi connectivity index (χ3v) is 4.68. The summed E-state index contributed by atoms with van der Waals surface area (Å²) in [7, 11) is 0. The van der Waals surface area contributed by atoms with Crippen LogP contribution in [0.1, 0.15) is 13.8 Å². The van der Waals surface area contributed by atoms with Crippen molar-refractivity contribution in [3.05, 3.63) is 54.6 Å². The van der Waals surface area contributed by atoms with Crippen LogP contribution in [0.25, 0.3) is 11.1 Å². The Balaban J connectivity index is 2.26. The summed E-state index contributed by atoms with van der Waals surface area (Å²) in [4.78, 5) is 12.4. The molecule has 116 valence electrons. The summed E-state index contributed by atoms with van der Waals surface area (Å²) in [5.74, 6) is 0.831. The number of para-hydroxylation sites is 1. The van der Waals surface area contributed by atoms with Gasteiger partial charge < -0.3 is 4.74 Å². The fraction of sp³-hybridized carbons (Fsp3) is 0.278. The van der Waals surface area contributed by atoms with E-state index < -0.39 is 10.4 Å². The number of alkyl halides is 2. The molecule has 0 aromatic heterocycles. The maximum absolute atomic E-state index is 12.4. The van der Waals surface area contributed by atoms with Crippen molar-refractivity contribution in [1.29, 1.82) is 0 Å². The number of carbonyl (C=O) groups excluding carboxylic acids is 1. The lowest BCUT2D eigenvalue weighted by molar-refractivity contribution is -0.129. The van der Waals surface area contributed by atoms with Crippen molar-refractivity contribution in [2.24, 2.45) is 5.41 Å². The lowest BCUT2D eigenvalue weighted by Crippen LogP contribution is -2.35. The van der Waals surface area contributed by atoms with Crippen molar-refractivity contribution in [3.63, 3.8) is 0 Å². The quantitative estimate of drug-likeness (QED) is 0.636.